The van der Waals surface area contributed by atoms with Crippen molar-refractivity contribution >= 4 is 63.5 Å². The van der Waals surface area contributed by atoms with Crippen molar-refractivity contribution < 1.29 is 32.2 Å². The first kappa shape index (κ1) is 26.3. The molecule has 36 heavy (non-hydrogen) atoms. The van der Waals surface area contributed by atoms with Gasteiger partial charge >= 0.3 is 6.18 Å². The number of nitrogens with zero attached hydrogens (tertiary/aromatic N) is 1. The van der Waals surface area contributed by atoms with E-state index in [2.05, 4.69) is 5.32 Å². The molecule has 0 aromatic heterocycles. The second kappa shape index (κ2) is 11.1. The molecule has 0 aliphatic carbocycles. The van der Waals surface area contributed by atoms with Crippen molar-refractivity contribution in [1.29, 1.82) is 0 Å². The van der Waals surface area contributed by atoms with Gasteiger partial charge in [-0.25, -0.2) is 0 Å². The largest absolute Gasteiger partial charge is 0.454 e. The number of amides is 2. The predicted molar refractivity (Wildman–Crippen MR) is 136 cm³/mol. The van der Waals surface area contributed by atoms with Crippen molar-refractivity contribution in [2.45, 2.75) is 31.9 Å². The molecule has 2 aromatic carbocycles. The van der Waals surface area contributed by atoms with Crippen molar-refractivity contribution in [3.8, 4) is 11.5 Å². The van der Waals surface area contributed by atoms with Gasteiger partial charge in [0.2, 0.25) is 12.7 Å². The van der Waals surface area contributed by atoms with Gasteiger partial charge in [-0.15, -0.1) is 0 Å². The third-order valence-electron chi connectivity index (χ3n) is 5.41. The van der Waals surface area contributed by atoms with Crippen molar-refractivity contribution in [2.24, 2.45) is 0 Å². The molecule has 190 valence electrons. The number of hydrogen-bond donors (Lipinski definition) is 1. The third-order valence-corrected chi connectivity index (χ3v) is 7.12. The molecule has 2 aliphatic rings. The topological polar surface area (TPSA) is 67.9 Å². The Kier molecular flexibility index (Phi) is 8.11. The highest BCUT2D eigenvalue weighted by molar-refractivity contribution is 8.26. The lowest BCUT2D eigenvalue weighted by atomic mass is 10.1. The zero-order valence-electron chi connectivity index (χ0n) is 18.7. The maximum atomic E-state index is 13.0. The highest BCUT2D eigenvalue weighted by Crippen LogP contribution is 2.37. The molecule has 2 amide bonds. The van der Waals surface area contributed by atoms with Gasteiger partial charge in [-0.1, -0.05) is 48.1 Å². The zero-order chi connectivity index (χ0) is 25.9. The minimum atomic E-state index is -4.61. The lowest BCUT2D eigenvalue weighted by Crippen LogP contribution is -2.29. The van der Waals surface area contributed by atoms with Gasteiger partial charge in [-0.3, -0.25) is 14.5 Å². The number of fused-ring (bicyclic) bond motifs is 1. The molecule has 2 heterocycles. The molecule has 1 N–H and O–H groups in total. The van der Waals surface area contributed by atoms with Crippen molar-refractivity contribution in [3.05, 3.63) is 57.5 Å². The number of halogens is 4. The number of unbranched alkanes of at least 4 members (excludes halogenated alkanes) is 2. The van der Waals surface area contributed by atoms with Gasteiger partial charge in [-0.2, -0.15) is 13.2 Å². The molecule has 1 saturated heterocycles. The first-order valence-corrected chi connectivity index (χ1v) is 12.5. The monoisotopic (exact) mass is 556 g/mol. The van der Waals surface area contributed by atoms with E-state index in [0.717, 1.165) is 17.7 Å². The number of carbonyl (C=O) groups excluding carboxylic acids is 2. The van der Waals surface area contributed by atoms with Gasteiger partial charge in [0.25, 0.3) is 5.91 Å². The summed E-state index contributed by atoms with van der Waals surface area (Å²) in [5.74, 6) is 0.707. The van der Waals surface area contributed by atoms with E-state index < -0.39 is 22.7 Å². The second-order valence-corrected chi connectivity index (χ2v) is 10.1. The minimum Gasteiger partial charge on any atom is -0.454 e. The summed E-state index contributed by atoms with van der Waals surface area (Å²) in [6.45, 7) is 0.583. The van der Waals surface area contributed by atoms with Crippen LogP contribution in [0.3, 0.4) is 0 Å². The van der Waals surface area contributed by atoms with Crippen LogP contribution in [0.15, 0.2) is 41.3 Å². The summed E-state index contributed by atoms with van der Waals surface area (Å²) in [6, 6.07) is 8.65. The Labute approximate surface area is 219 Å². The maximum Gasteiger partial charge on any atom is 0.417 e. The number of nitrogens with one attached hydrogen (secondary N) is 1. The van der Waals surface area contributed by atoms with Crippen LogP contribution in [0.2, 0.25) is 5.02 Å². The highest BCUT2D eigenvalue weighted by Gasteiger charge is 2.34. The lowest BCUT2D eigenvalue weighted by molar-refractivity contribution is -0.137. The minimum absolute atomic E-state index is 0.0311. The number of thiocarbonyl (C=S) groups is 1. The summed E-state index contributed by atoms with van der Waals surface area (Å²) in [6.07, 6.45) is -0.953. The van der Waals surface area contributed by atoms with Crippen LogP contribution in [-0.4, -0.2) is 34.4 Å². The van der Waals surface area contributed by atoms with Crippen LogP contribution in [0.4, 0.5) is 18.9 Å². The molecular weight excluding hydrogens is 537 g/mol. The number of carbonyl (C=O) groups is 2. The van der Waals surface area contributed by atoms with Crippen molar-refractivity contribution in [3.63, 3.8) is 0 Å². The molecule has 0 spiro atoms. The van der Waals surface area contributed by atoms with Gasteiger partial charge < -0.3 is 14.8 Å². The molecule has 0 saturated carbocycles. The molecule has 4 rings (SSSR count). The quantitative estimate of drug-likeness (QED) is 0.228. The van der Waals surface area contributed by atoms with Crippen LogP contribution in [-0.2, 0) is 15.8 Å². The number of benzene rings is 2. The Hall–Kier alpha value is -2.76. The molecule has 2 aromatic rings. The molecular formula is C24H20ClF3N2O4S2. The summed E-state index contributed by atoms with van der Waals surface area (Å²) < 4.78 is 50.0. The fourth-order valence-electron chi connectivity index (χ4n) is 3.62. The van der Waals surface area contributed by atoms with Crippen LogP contribution in [0, 0.1) is 0 Å². The van der Waals surface area contributed by atoms with E-state index in [0.29, 0.717) is 46.5 Å². The van der Waals surface area contributed by atoms with E-state index in [9.17, 15) is 22.8 Å². The normalized spacial score (nSPS) is 16.2. The van der Waals surface area contributed by atoms with E-state index in [4.69, 9.17) is 33.3 Å². The van der Waals surface area contributed by atoms with Gasteiger partial charge in [0, 0.05) is 18.7 Å². The fraction of sp³-hybridized carbons (Fsp3) is 0.292. The Bertz CT molecular complexity index is 1240. The number of thioether (sulfide) groups is 1. The molecule has 6 nitrogen and oxygen atoms in total. The van der Waals surface area contributed by atoms with Crippen LogP contribution in [0.5, 0.6) is 11.5 Å². The van der Waals surface area contributed by atoms with Crippen LogP contribution in [0.25, 0.3) is 6.08 Å². The summed E-state index contributed by atoms with van der Waals surface area (Å²) in [7, 11) is 0. The number of rotatable bonds is 8. The van der Waals surface area contributed by atoms with Gasteiger partial charge in [-0.05, 0) is 54.8 Å². The zero-order valence-corrected chi connectivity index (χ0v) is 21.1. The Morgan fingerprint density at radius 3 is 2.69 bits per heavy atom. The summed E-state index contributed by atoms with van der Waals surface area (Å²) in [5.41, 5.74) is -0.171. The fourth-order valence-corrected chi connectivity index (χ4v) is 5.16. The average molecular weight is 557 g/mol. The highest BCUT2D eigenvalue weighted by atomic mass is 35.5. The molecule has 0 radical (unpaired) electrons. The molecule has 0 unspecified atom stereocenters. The Morgan fingerprint density at radius 1 is 1.14 bits per heavy atom. The second-order valence-electron chi connectivity index (χ2n) is 8.00. The van der Waals surface area contributed by atoms with E-state index in [1.54, 1.807) is 18.2 Å². The van der Waals surface area contributed by atoms with E-state index in [1.165, 1.54) is 22.7 Å². The number of anilines is 1. The average Bonchev–Trinajstić information content (AvgIpc) is 3.38. The number of hydrogen-bond acceptors (Lipinski definition) is 6. The molecule has 12 heteroatoms. The van der Waals surface area contributed by atoms with Crippen LogP contribution in [0.1, 0.15) is 36.8 Å². The first-order valence-electron chi connectivity index (χ1n) is 10.9. The SMILES string of the molecule is O=C(CCCCCN1C(=O)/C(=C/c2ccc3c(c2)OCO3)SC1=S)Nc1ccc(Cl)c(C(F)(F)F)c1. The molecule has 0 bridgehead atoms. The summed E-state index contributed by atoms with van der Waals surface area (Å²) >= 11 is 12.2. The molecule has 2 aliphatic heterocycles. The van der Waals surface area contributed by atoms with Crippen molar-refractivity contribution in [2.75, 3.05) is 18.7 Å². The Balaban J connectivity index is 1.22. The predicted octanol–water partition coefficient (Wildman–Crippen LogP) is 6.49. The van der Waals surface area contributed by atoms with Gasteiger partial charge in [0.1, 0.15) is 4.32 Å². The first-order chi connectivity index (χ1) is 17.1. The number of ether oxygens (including phenoxy) is 2. The lowest BCUT2D eigenvalue weighted by Gasteiger charge is -2.14. The molecule has 0 atom stereocenters. The summed E-state index contributed by atoms with van der Waals surface area (Å²) in [4.78, 5) is 27.0. The standard InChI is InChI=1S/C24H20ClF3N2O4S2/c25-17-7-6-15(12-16(17)24(26,27)28)29-21(31)4-2-1-3-9-30-22(32)20(36-23(30)35)11-14-5-8-18-19(10-14)34-13-33-18/h5-8,10-12H,1-4,9,13H2,(H,29,31)/b20-11-. The van der Waals surface area contributed by atoms with Gasteiger partial charge in [0.15, 0.2) is 11.5 Å². The summed E-state index contributed by atoms with van der Waals surface area (Å²) in [5, 5.41) is 2.03. The van der Waals surface area contributed by atoms with E-state index in [1.807, 2.05) is 6.07 Å². The third kappa shape index (κ3) is 6.32. The number of alkyl halides is 3. The van der Waals surface area contributed by atoms with Crippen LogP contribution < -0.4 is 14.8 Å². The van der Waals surface area contributed by atoms with Gasteiger partial charge in [0.05, 0.1) is 15.5 Å². The van der Waals surface area contributed by atoms with E-state index in [-0.39, 0.29) is 24.8 Å². The Morgan fingerprint density at radius 2 is 1.92 bits per heavy atom. The van der Waals surface area contributed by atoms with E-state index >= 15 is 0 Å². The molecule has 1 fully saturated rings. The van der Waals surface area contributed by atoms with Crippen molar-refractivity contribution in [1.82, 2.24) is 4.90 Å². The van der Waals surface area contributed by atoms with Crippen LogP contribution >= 0.6 is 35.6 Å². The smallest absolute Gasteiger partial charge is 0.417 e. The maximum absolute atomic E-state index is 13.0.